The molecule has 0 fully saturated rings. The van der Waals surface area contributed by atoms with Gasteiger partial charge in [0.25, 0.3) is 11.6 Å². The second kappa shape index (κ2) is 5.90. The zero-order valence-electron chi connectivity index (χ0n) is 10.3. The highest BCUT2D eigenvalue weighted by Gasteiger charge is 2.13. The first-order chi connectivity index (χ1) is 9.47. The van der Waals surface area contributed by atoms with Gasteiger partial charge in [-0.3, -0.25) is 19.9 Å². The van der Waals surface area contributed by atoms with Gasteiger partial charge in [0.1, 0.15) is 12.0 Å². The molecule has 7 nitrogen and oxygen atoms in total. The lowest BCUT2D eigenvalue weighted by molar-refractivity contribution is -0.385. The summed E-state index contributed by atoms with van der Waals surface area (Å²) in [6.07, 6.45) is 2.35. The van der Waals surface area contributed by atoms with E-state index in [0.717, 1.165) is 15.5 Å². The summed E-state index contributed by atoms with van der Waals surface area (Å²) in [5, 5.41) is 13.2. The maximum absolute atomic E-state index is 12.0. The largest absolute Gasteiger partial charge is 0.307 e. The van der Waals surface area contributed by atoms with Gasteiger partial charge >= 0.3 is 0 Å². The van der Waals surface area contributed by atoms with Gasteiger partial charge in [-0.25, -0.2) is 4.98 Å². The molecule has 0 unspecified atom stereocenters. The molecular weight excluding hydrogens is 375 g/mol. The first kappa shape index (κ1) is 14.3. The summed E-state index contributed by atoms with van der Waals surface area (Å²) < 4.78 is 0.984. The molecule has 0 atom stereocenters. The fourth-order valence-electron chi connectivity index (χ4n) is 1.45. The van der Waals surface area contributed by atoms with Crippen molar-refractivity contribution < 1.29 is 9.72 Å². The lowest BCUT2D eigenvalue weighted by Crippen LogP contribution is -2.14. The van der Waals surface area contributed by atoms with Crippen LogP contribution in [-0.4, -0.2) is 20.8 Å². The third-order valence-corrected chi connectivity index (χ3v) is 3.60. The second-order valence-corrected chi connectivity index (χ2v) is 5.07. The van der Waals surface area contributed by atoms with Gasteiger partial charge in [0, 0.05) is 15.8 Å². The number of hydrogen-bond acceptors (Lipinski definition) is 5. The minimum Gasteiger partial charge on any atom is -0.307 e. The minimum absolute atomic E-state index is 0.109. The van der Waals surface area contributed by atoms with Crippen LogP contribution in [0.25, 0.3) is 0 Å². The fraction of sp³-hybridized carbons (Fsp3) is 0.0833. The molecule has 1 N–H and O–H groups in total. The zero-order valence-corrected chi connectivity index (χ0v) is 12.5. The summed E-state index contributed by atoms with van der Waals surface area (Å²) in [5.41, 5.74) is 0.669. The third kappa shape index (κ3) is 3.26. The number of rotatable bonds is 3. The number of nitrogens with zero attached hydrogens (tertiary/aromatic N) is 3. The lowest BCUT2D eigenvalue weighted by Gasteiger charge is -2.05. The van der Waals surface area contributed by atoms with E-state index in [4.69, 9.17) is 0 Å². The van der Waals surface area contributed by atoms with Crippen LogP contribution in [0.3, 0.4) is 0 Å². The zero-order chi connectivity index (χ0) is 14.7. The Labute approximate surface area is 127 Å². The van der Waals surface area contributed by atoms with Crippen LogP contribution in [0, 0.1) is 20.6 Å². The van der Waals surface area contributed by atoms with Gasteiger partial charge in [-0.2, -0.15) is 0 Å². The molecule has 2 aromatic heterocycles. The van der Waals surface area contributed by atoms with Crippen molar-refractivity contribution in [2.45, 2.75) is 6.92 Å². The summed E-state index contributed by atoms with van der Waals surface area (Å²) >= 11 is 2.14. The Morgan fingerprint density at radius 3 is 2.80 bits per heavy atom. The van der Waals surface area contributed by atoms with Gasteiger partial charge in [-0.15, -0.1) is 0 Å². The molecule has 0 saturated heterocycles. The van der Waals surface area contributed by atoms with Crippen LogP contribution in [0.5, 0.6) is 0 Å². The Morgan fingerprint density at radius 2 is 2.15 bits per heavy atom. The molecule has 0 aromatic carbocycles. The standard InChI is InChI=1S/C12H9IN4O3/c1-7-10(13)2-3-11(15-7)16-12(18)8-4-9(17(19)20)6-14-5-8/h2-6H,1H3,(H,15,16,18). The van der Waals surface area contributed by atoms with Crippen LogP contribution >= 0.6 is 22.6 Å². The Kier molecular flexibility index (Phi) is 4.23. The van der Waals surface area contributed by atoms with Crippen LogP contribution in [0.15, 0.2) is 30.6 Å². The van der Waals surface area contributed by atoms with Gasteiger partial charge in [-0.1, -0.05) is 0 Å². The number of aryl methyl sites for hydroxylation is 1. The van der Waals surface area contributed by atoms with Gasteiger partial charge in [0.15, 0.2) is 0 Å². The Hall–Kier alpha value is -2.10. The summed E-state index contributed by atoms with van der Waals surface area (Å²) in [7, 11) is 0. The number of halogens is 1. The molecule has 0 radical (unpaired) electrons. The lowest BCUT2D eigenvalue weighted by atomic mass is 10.2. The molecule has 0 aliphatic rings. The maximum atomic E-state index is 12.0. The highest BCUT2D eigenvalue weighted by molar-refractivity contribution is 14.1. The first-order valence-corrected chi connectivity index (χ1v) is 6.59. The molecule has 0 spiro atoms. The molecule has 0 bridgehead atoms. The van der Waals surface area contributed by atoms with E-state index in [1.807, 2.05) is 13.0 Å². The van der Waals surface area contributed by atoms with Gasteiger partial charge < -0.3 is 5.32 Å². The van der Waals surface area contributed by atoms with Crippen LogP contribution in [0.1, 0.15) is 16.1 Å². The normalized spacial score (nSPS) is 10.1. The van der Waals surface area contributed by atoms with E-state index in [9.17, 15) is 14.9 Å². The maximum Gasteiger partial charge on any atom is 0.288 e. The Balaban J connectivity index is 2.21. The first-order valence-electron chi connectivity index (χ1n) is 5.51. The summed E-state index contributed by atoms with van der Waals surface area (Å²) in [4.78, 5) is 29.9. The van der Waals surface area contributed by atoms with Gasteiger partial charge in [0.2, 0.25) is 0 Å². The summed E-state index contributed by atoms with van der Waals surface area (Å²) in [6.45, 7) is 1.83. The molecule has 20 heavy (non-hydrogen) atoms. The smallest absolute Gasteiger partial charge is 0.288 e. The van der Waals surface area contributed by atoms with Crippen molar-refractivity contribution in [3.63, 3.8) is 0 Å². The molecule has 8 heteroatoms. The number of nitro groups is 1. The van der Waals surface area contributed by atoms with E-state index in [0.29, 0.717) is 5.82 Å². The average molecular weight is 384 g/mol. The fourth-order valence-corrected chi connectivity index (χ4v) is 1.75. The topological polar surface area (TPSA) is 98.0 Å². The molecule has 0 aliphatic heterocycles. The number of hydrogen-bond donors (Lipinski definition) is 1. The molecule has 2 heterocycles. The van der Waals surface area contributed by atoms with Gasteiger partial charge in [-0.05, 0) is 41.6 Å². The molecule has 1 amide bonds. The Morgan fingerprint density at radius 1 is 1.40 bits per heavy atom. The average Bonchev–Trinajstić information content (AvgIpc) is 2.43. The van der Waals surface area contributed by atoms with Crippen molar-refractivity contribution in [2.75, 3.05) is 5.32 Å². The number of nitrogens with one attached hydrogen (secondary N) is 1. The number of carbonyl (C=O) groups is 1. The second-order valence-electron chi connectivity index (χ2n) is 3.91. The van der Waals surface area contributed by atoms with Gasteiger partial charge in [0.05, 0.1) is 16.2 Å². The van der Waals surface area contributed by atoms with E-state index in [1.54, 1.807) is 6.07 Å². The van der Waals surface area contributed by atoms with Crippen LogP contribution in [0.2, 0.25) is 0 Å². The summed E-state index contributed by atoms with van der Waals surface area (Å²) in [6, 6.07) is 4.66. The molecular formula is C12H9IN4O3. The monoisotopic (exact) mass is 384 g/mol. The van der Waals surface area contributed by atoms with E-state index < -0.39 is 10.8 Å². The highest BCUT2D eigenvalue weighted by atomic mass is 127. The number of amides is 1. The summed E-state index contributed by atoms with van der Waals surface area (Å²) in [5.74, 6) is -0.103. The third-order valence-electron chi connectivity index (χ3n) is 2.46. The molecule has 102 valence electrons. The SMILES string of the molecule is Cc1nc(NC(=O)c2cncc([N+](=O)[O-])c2)ccc1I. The van der Waals surface area contributed by atoms with E-state index in [-0.39, 0.29) is 11.3 Å². The minimum atomic E-state index is -0.600. The number of aromatic nitrogens is 2. The predicted molar refractivity (Wildman–Crippen MR) is 80.5 cm³/mol. The van der Waals surface area contributed by atoms with E-state index >= 15 is 0 Å². The quantitative estimate of drug-likeness (QED) is 0.498. The predicted octanol–water partition coefficient (Wildman–Crippen LogP) is 2.55. The number of anilines is 1. The van der Waals surface area contributed by atoms with Crippen molar-refractivity contribution in [3.05, 3.63) is 55.5 Å². The number of pyridine rings is 2. The van der Waals surface area contributed by atoms with Crippen molar-refractivity contribution >= 4 is 40.0 Å². The Bertz CT molecular complexity index is 690. The van der Waals surface area contributed by atoms with Crippen LogP contribution < -0.4 is 5.32 Å². The van der Waals surface area contributed by atoms with E-state index in [1.165, 1.54) is 12.3 Å². The molecule has 0 saturated carbocycles. The van der Waals surface area contributed by atoms with Crippen molar-refractivity contribution in [3.8, 4) is 0 Å². The van der Waals surface area contributed by atoms with Crippen LogP contribution in [0.4, 0.5) is 11.5 Å². The van der Waals surface area contributed by atoms with Crippen molar-refractivity contribution in [1.82, 2.24) is 9.97 Å². The molecule has 2 aromatic rings. The van der Waals surface area contributed by atoms with Crippen molar-refractivity contribution in [2.24, 2.45) is 0 Å². The van der Waals surface area contributed by atoms with Crippen LogP contribution in [-0.2, 0) is 0 Å². The highest BCUT2D eigenvalue weighted by Crippen LogP contribution is 2.15. The van der Waals surface area contributed by atoms with E-state index in [2.05, 4.69) is 37.9 Å². The molecule has 0 aliphatic carbocycles. The molecule has 2 rings (SSSR count). The van der Waals surface area contributed by atoms with Crippen molar-refractivity contribution in [1.29, 1.82) is 0 Å². The number of carbonyl (C=O) groups excluding carboxylic acids is 1.